The van der Waals surface area contributed by atoms with Crippen molar-refractivity contribution in [2.24, 2.45) is 0 Å². The van der Waals surface area contributed by atoms with Gasteiger partial charge in [0.1, 0.15) is 0 Å². The molecule has 3 nitrogen and oxygen atoms in total. The Morgan fingerprint density at radius 1 is 1.14 bits per heavy atom. The normalized spacial score (nSPS) is 24.8. The summed E-state index contributed by atoms with van der Waals surface area (Å²) in [5.41, 5.74) is -0.296. The van der Waals surface area contributed by atoms with E-state index in [1.54, 1.807) is 0 Å². The maximum Gasteiger partial charge on any atom is 0.416 e. The molecule has 0 bridgehead atoms. The molecule has 3 atom stereocenters. The molecule has 2 rings (SSSR count). The summed E-state index contributed by atoms with van der Waals surface area (Å²) in [6.07, 6.45) is -2.05. The predicted octanol–water partition coefficient (Wildman–Crippen LogP) is 2.63. The fourth-order valence-corrected chi connectivity index (χ4v) is 2.62. The first kappa shape index (κ1) is 16.3. The average molecular weight is 303 g/mol. The van der Waals surface area contributed by atoms with Gasteiger partial charge in [-0.2, -0.15) is 13.2 Å². The minimum Gasteiger partial charge on any atom is -0.392 e. The highest BCUT2D eigenvalue weighted by molar-refractivity contribution is 5.26. The van der Waals surface area contributed by atoms with Gasteiger partial charge in [0.15, 0.2) is 0 Å². The number of halogens is 3. The van der Waals surface area contributed by atoms with Crippen LogP contribution >= 0.6 is 0 Å². The second kappa shape index (κ2) is 6.77. The molecule has 0 aromatic heterocycles. The van der Waals surface area contributed by atoms with Crippen LogP contribution in [0.25, 0.3) is 0 Å². The van der Waals surface area contributed by atoms with Crippen molar-refractivity contribution in [3.05, 3.63) is 35.4 Å². The van der Waals surface area contributed by atoms with Crippen molar-refractivity contribution in [3.8, 4) is 0 Å². The van der Waals surface area contributed by atoms with Crippen LogP contribution in [-0.4, -0.2) is 28.9 Å². The third kappa shape index (κ3) is 4.43. The van der Waals surface area contributed by atoms with Gasteiger partial charge in [-0.05, 0) is 30.5 Å². The topological polar surface area (TPSA) is 52.5 Å². The van der Waals surface area contributed by atoms with Crippen molar-refractivity contribution < 1.29 is 23.4 Å². The zero-order valence-electron chi connectivity index (χ0n) is 11.6. The number of hydrogen-bond donors (Lipinski definition) is 3. The van der Waals surface area contributed by atoms with Crippen LogP contribution in [-0.2, 0) is 6.18 Å². The third-order valence-electron chi connectivity index (χ3n) is 3.93. The van der Waals surface area contributed by atoms with Gasteiger partial charge < -0.3 is 15.5 Å². The van der Waals surface area contributed by atoms with Gasteiger partial charge >= 0.3 is 6.18 Å². The van der Waals surface area contributed by atoms with E-state index in [4.69, 9.17) is 0 Å². The monoisotopic (exact) mass is 303 g/mol. The second-order valence-corrected chi connectivity index (χ2v) is 5.50. The maximum absolute atomic E-state index is 12.5. The van der Waals surface area contributed by atoms with E-state index in [0.29, 0.717) is 5.56 Å². The summed E-state index contributed by atoms with van der Waals surface area (Å²) < 4.78 is 37.4. The Balaban J connectivity index is 1.89. The molecule has 1 aromatic rings. The SMILES string of the molecule is O[C@H](CN[C@@H]1CCCC[C@H]1O)c1ccc(C(F)(F)F)cc1. The van der Waals surface area contributed by atoms with Crippen LogP contribution < -0.4 is 5.32 Å². The van der Waals surface area contributed by atoms with E-state index in [9.17, 15) is 23.4 Å². The highest BCUT2D eigenvalue weighted by Crippen LogP contribution is 2.30. The van der Waals surface area contributed by atoms with Crippen LogP contribution in [0.3, 0.4) is 0 Å². The molecule has 21 heavy (non-hydrogen) atoms. The highest BCUT2D eigenvalue weighted by Gasteiger charge is 2.30. The summed E-state index contributed by atoms with van der Waals surface area (Å²) >= 11 is 0. The van der Waals surface area contributed by atoms with Crippen LogP contribution in [0.2, 0.25) is 0 Å². The molecular weight excluding hydrogens is 283 g/mol. The number of aliphatic hydroxyl groups excluding tert-OH is 2. The number of benzene rings is 1. The Labute approximate surface area is 121 Å². The van der Waals surface area contributed by atoms with Crippen LogP contribution in [0, 0.1) is 0 Å². The Morgan fingerprint density at radius 3 is 2.33 bits per heavy atom. The van der Waals surface area contributed by atoms with E-state index in [0.717, 1.165) is 37.8 Å². The Bertz CT molecular complexity index is 447. The van der Waals surface area contributed by atoms with Gasteiger partial charge in [0, 0.05) is 12.6 Å². The smallest absolute Gasteiger partial charge is 0.392 e. The highest BCUT2D eigenvalue weighted by atomic mass is 19.4. The molecule has 0 radical (unpaired) electrons. The molecule has 0 amide bonds. The summed E-state index contributed by atoms with van der Waals surface area (Å²) in [6.45, 7) is 0.215. The van der Waals surface area contributed by atoms with Gasteiger partial charge in [-0.15, -0.1) is 0 Å². The maximum atomic E-state index is 12.5. The van der Waals surface area contributed by atoms with Crippen molar-refractivity contribution in [2.75, 3.05) is 6.54 Å². The second-order valence-electron chi connectivity index (χ2n) is 5.50. The van der Waals surface area contributed by atoms with Gasteiger partial charge in [-0.3, -0.25) is 0 Å². The van der Waals surface area contributed by atoms with Crippen LogP contribution in [0.4, 0.5) is 13.2 Å². The predicted molar refractivity (Wildman–Crippen MR) is 72.7 cm³/mol. The molecule has 118 valence electrons. The summed E-state index contributed by atoms with van der Waals surface area (Å²) in [5.74, 6) is 0. The van der Waals surface area contributed by atoms with E-state index in [-0.39, 0.29) is 12.6 Å². The van der Waals surface area contributed by atoms with Crippen molar-refractivity contribution >= 4 is 0 Å². The lowest BCUT2D eigenvalue weighted by Gasteiger charge is -2.29. The van der Waals surface area contributed by atoms with Crippen LogP contribution in [0.1, 0.15) is 42.9 Å². The van der Waals surface area contributed by atoms with Crippen molar-refractivity contribution in [2.45, 2.75) is 50.1 Å². The van der Waals surface area contributed by atoms with Crippen molar-refractivity contribution in [3.63, 3.8) is 0 Å². The minimum absolute atomic E-state index is 0.0529. The summed E-state index contributed by atoms with van der Waals surface area (Å²) in [5, 5.41) is 22.9. The van der Waals surface area contributed by atoms with Crippen molar-refractivity contribution in [1.82, 2.24) is 5.32 Å². The quantitative estimate of drug-likeness (QED) is 0.801. The Kier molecular flexibility index (Phi) is 5.24. The largest absolute Gasteiger partial charge is 0.416 e. The summed E-state index contributed by atoms with van der Waals surface area (Å²) in [7, 11) is 0. The van der Waals surface area contributed by atoms with Gasteiger partial charge in [0.2, 0.25) is 0 Å². The van der Waals surface area contributed by atoms with Crippen molar-refractivity contribution in [1.29, 1.82) is 0 Å². The number of hydrogen-bond acceptors (Lipinski definition) is 3. The van der Waals surface area contributed by atoms with E-state index >= 15 is 0 Å². The van der Waals surface area contributed by atoms with Crippen LogP contribution in [0.5, 0.6) is 0 Å². The molecule has 1 saturated carbocycles. The summed E-state index contributed by atoms with van der Waals surface area (Å²) in [6, 6.07) is 4.45. The number of rotatable bonds is 4. The zero-order valence-corrected chi connectivity index (χ0v) is 11.6. The number of alkyl halides is 3. The molecule has 0 spiro atoms. The van der Waals surface area contributed by atoms with Gasteiger partial charge in [-0.1, -0.05) is 25.0 Å². The molecule has 1 aliphatic carbocycles. The van der Waals surface area contributed by atoms with E-state index in [2.05, 4.69) is 5.32 Å². The van der Waals surface area contributed by atoms with Gasteiger partial charge in [0.05, 0.1) is 17.8 Å². The Hall–Kier alpha value is -1.11. The fourth-order valence-electron chi connectivity index (χ4n) is 2.62. The third-order valence-corrected chi connectivity index (χ3v) is 3.93. The molecule has 1 fully saturated rings. The minimum atomic E-state index is -4.37. The molecule has 1 aliphatic rings. The molecule has 6 heteroatoms. The van der Waals surface area contributed by atoms with E-state index < -0.39 is 23.9 Å². The summed E-state index contributed by atoms with van der Waals surface area (Å²) in [4.78, 5) is 0. The molecule has 1 aromatic carbocycles. The standard InChI is InChI=1S/C15H20F3NO2/c16-15(17,18)11-7-5-10(6-8-11)14(21)9-19-12-3-1-2-4-13(12)20/h5-8,12-14,19-21H,1-4,9H2/t12-,13-,14-/m1/s1. The lowest BCUT2D eigenvalue weighted by molar-refractivity contribution is -0.137. The number of nitrogens with one attached hydrogen (secondary N) is 1. The molecule has 3 N–H and O–H groups in total. The van der Waals surface area contributed by atoms with E-state index in [1.807, 2.05) is 0 Å². The number of aliphatic hydroxyl groups is 2. The zero-order chi connectivity index (χ0) is 15.5. The molecule has 0 heterocycles. The molecule has 0 saturated heterocycles. The first-order valence-electron chi connectivity index (χ1n) is 7.14. The molecule has 0 aliphatic heterocycles. The fraction of sp³-hybridized carbons (Fsp3) is 0.600. The lowest BCUT2D eigenvalue weighted by atomic mass is 9.92. The molecular formula is C15H20F3NO2. The van der Waals surface area contributed by atoms with Crippen LogP contribution in [0.15, 0.2) is 24.3 Å². The van der Waals surface area contributed by atoms with E-state index in [1.165, 1.54) is 12.1 Å². The van der Waals surface area contributed by atoms with Gasteiger partial charge in [0.25, 0.3) is 0 Å². The van der Waals surface area contributed by atoms with Gasteiger partial charge in [-0.25, -0.2) is 0 Å². The first-order chi connectivity index (χ1) is 9.88. The average Bonchev–Trinajstić information content (AvgIpc) is 2.45. The first-order valence-corrected chi connectivity index (χ1v) is 7.14. The molecule has 0 unspecified atom stereocenters. The lowest BCUT2D eigenvalue weighted by Crippen LogP contribution is -2.43. The Morgan fingerprint density at radius 2 is 1.76 bits per heavy atom.